The van der Waals surface area contributed by atoms with Crippen molar-refractivity contribution in [3.8, 4) is 34.3 Å². The molecule has 4 rings (SSSR count). The Labute approximate surface area is 193 Å². The molecule has 0 atom stereocenters. The van der Waals surface area contributed by atoms with Crippen LogP contribution in [0.3, 0.4) is 0 Å². The lowest BCUT2D eigenvalue weighted by atomic mass is 10.0. The second-order valence-electron chi connectivity index (χ2n) is 8.07. The Balaban J connectivity index is 1.76. The van der Waals surface area contributed by atoms with Gasteiger partial charge in [-0.25, -0.2) is 4.98 Å². The highest BCUT2D eigenvalue weighted by Crippen LogP contribution is 2.37. The Morgan fingerprint density at radius 2 is 1.67 bits per heavy atom. The first-order valence-corrected chi connectivity index (χ1v) is 10.8. The predicted octanol–water partition coefficient (Wildman–Crippen LogP) is 5.07. The zero-order valence-electron chi connectivity index (χ0n) is 19.1. The molecule has 1 aromatic heterocycles. The van der Waals surface area contributed by atoms with Crippen LogP contribution in [0.2, 0.25) is 0 Å². The summed E-state index contributed by atoms with van der Waals surface area (Å²) in [6.07, 6.45) is 1.54. The molecule has 0 amide bonds. The molecule has 0 saturated carbocycles. The van der Waals surface area contributed by atoms with Crippen LogP contribution in [0, 0.1) is 0 Å². The van der Waals surface area contributed by atoms with E-state index >= 15 is 0 Å². The lowest BCUT2D eigenvalue weighted by Gasteiger charge is -2.12. The maximum absolute atomic E-state index is 10.2. The van der Waals surface area contributed by atoms with Gasteiger partial charge in [0.25, 0.3) is 0 Å². The number of aromatic nitrogens is 1. The molecule has 4 aromatic rings. The monoisotopic (exact) mass is 444 g/mol. The number of phenols is 1. The number of benzene rings is 3. The summed E-state index contributed by atoms with van der Waals surface area (Å²) >= 11 is 0. The van der Waals surface area contributed by atoms with Gasteiger partial charge in [0.1, 0.15) is 0 Å². The number of rotatable bonds is 8. The highest BCUT2D eigenvalue weighted by Gasteiger charge is 2.19. The molecule has 0 aliphatic heterocycles. The molecule has 170 valence electrons. The smallest absolute Gasteiger partial charge is 0.227 e. The number of ether oxygens (including phenoxy) is 1. The number of aliphatic hydroxyl groups is 1. The topological polar surface area (TPSA) is 79.0 Å². The van der Waals surface area contributed by atoms with E-state index in [9.17, 15) is 10.2 Å². The number of oxazole rings is 1. The van der Waals surface area contributed by atoms with Gasteiger partial charge in [-0.2, -0.15) is 0 Å². The van der Waals surface area contributed by atoms with Gasteiger partial charge in [-0.15, -0.1) is 0 Å². The van der Waals surface area contributed by atoms with Gasteiger partial charge in [0.15, 0.2) is 17.3 Å². The van der Waals surface area contributed by atoms with Crippen LogP contribution in [0.4, 0.5) is 5.69 Å². The number of anilines is 1. The Bertz CT molecular complexity index is 1190. The number of aliphatic hydroxyl groups excluding tert-OH is 1. The first-order chi connectivity index (χ1) is 16.0. The summed E-state index contributed by atoms with van der Waals surface area (Å²) in [7, 11) is 5.48. The number of hydrogen-bond acceptors (Lipinski definition) is 6. The van der Waals surface area contributed by atoms with E-state index < -0.39 is 0 Å². The normalized spacial score (nSPS) is 10.9. The molecule has 0 bridgehead atoms. The fraction of sp³-hybridized carbons (Fsp3) is 0.222. The van der Waals surface area contributed by atoms with Gasteiger partial charge in [0.05, 0.1) is 19.4 Å². The maximum Gasteiger partial charge on any atom is 0.227 e. The predicted molar refractivity (Wildman–Crippen MR) is 130 cm³/mol. The summed E-state index contributed by atoms with van der Waals surface area (Å²) in [6, 6.07) is 21.8. The molecule has 3 aromatic carbocycles. The third kappa shape index (κ3) is 4.86. The van der Waals surface area contributed by atoms with Crippen LogP contribution in [0.5, 0.6) is 11.5 Å². The number of methoxy groups -OCH3 is 1. The highest BCUT2D eigenvalue weighted by atomic mass is 16.5. The Morgan fingerprint density at radius 1 is 0.939 bits per heavy atom. The maximum atomic E-state index is 10.2. The summed E-state index contributed by atoms with van der Waals surface area (Å²) in [4.78, 5) is 6.86. The molecule has 6 heteroatoms. The third-order valence-corrected chi connectivity index (χ3v) is 5.63. The summed E-state index contributed by atoms with van der Waals surface area (Å²) in [6.45, 7) is -0.323. The van der Waals surface area contributed by atoms with Crippen LogP contribution in [0.15, 0.2) is 71.1 Å². The summed E-state index contributed by atoms with van der Waals surface area (Å²) in [5.41, 5.74) is 5.10. The van der Waals surface area contributed by atoms with E-state index in [1.807, 2.05) is 61.5 Å². The lowest BCUT2D eigenvalue weighted by molar-refractivity contribution is 0.272. The molecule has 0 saturated heterocycles. The van der Waals surface area contributed by atoms with Crippen LogP contribution >= 0.6 is 0 Å². The fourth-order valence-electron chi connectivity index (χ4n) is 3.75. The highest BCUT2D eigenvalue weighted by molar-refractivity contribution is 5.68. The second kappa shape index (κ2) is 9.79. The quantitative estimate of drug-likeness (QED) is 0.395. The molecule has 0 spiro atoms. The number of aryl methyl sites for hydroxylation is 2. The van der Waals surface area contributed by atoms with Crippen molar-refractivity contribution in [1.29, 1.82) is 0 Å². The van der Waals surface area contributed by atoms with E-state index in [-0.39, 0.29) is 18.1 Å². The molecule has 0 unspecified atom stereocenters. The zero-order chi connectivity index (χ0) is 23.4. The van der Waals surface area contributed by atoms with Gasteiger partial charge in [0.2, 0.25) is 5.89 Å². The van der Waals surface area contributed by atoms with Gasteiger partial charge in [0, 0.05) is 36.5 Å². The molecule has 0 fully saturated rings. The van der Waals surface area contributed by atoms with E-state index in [0.29, 0.717) is 29.2 Å². The largest absolute Gasteiger partial charge is 0.504 e. The van der Waals surface area contributed by atoms with Crippen molar-refractivity contribution in [3.05, 3.63) is 83.6 Å². The zero-order valence-corrected chi connectivity index (χ0v) is 19.1. The van der Waals surface area contributed by atoms with E-state index in [1.54, 1.807) is 12.1 Å². The van der Waals surface area contributed by atoms with Crippen molar-refractivity contribution in [1.82, 2.24) is 4.98 Å². The van der Waals surface area contributed by atoms with Crippen LogP contribution in [0.25, 0.3) is 22.8 Å². The van der Waals surface area contributed by atoms with Crippen molar-refractivity contribution in [2.75, 3.05) is 26.1 Å². The Morgan fingerprint density at radius 3 is 2.30 bits per heavy atom. The Hall–Kier alpha value is -3.77. The van der Waals surface area contributed by atoms with Gasteiger partial charge >= 0.3 is 0 Å². The van der Waals surface area contributed by atoms with E-state index in [4.69, 9.17) is 14.1 Å². The van der Waals surface area contributed by atoms with Crippen LogP contribution in [0.1, 0.15) is 16.8 Å². The molecule has 0 aliphatic rings. The minimum Gasteiger partial charge on any atom is -0.504 e. The Kier molecular flexibility index (Phi) is 6.66. The number of hydrogen-bond donors (Lipinski definition) is 2. The van der Waals surface area contributed by atoms with E-state index in [0.717, 1.165) is 23.4 Å². The average molecular weight is 445 g/mol. The average Bonchev–Trinajstić information content (AvgIpc) is 3.28. The van der Waals surface area contributed by atoms with Gasteiger partial charge in [-0.1, -0.05) is 30.3 Å². The van der Waals surface area contributed by atoms with Crippen molar-refractivity contribution >= 4 is 5.69 Å². The molecular weight excluding hydrogens is 416 g/mol. The molecule has 1 heterocycles. The van der Waals surface area contributed by atoms with E-state index in [2.05, 4.69) is 12.1 Å². The van der Waals surface area contributed by atoms with Gasteiger partial charge in [-0.05, 0) is 54.8 Å². The van der Waals surface area contributed by atoms with E-state index in [1.165, 1.54) is 12.7 Å². The first-order valence-electron chi connectivity index (χ1n) is 10.8. The van der Waals surface area contributed by atoms with Crippen molar-refractivity contribution in [3.63, 3.8) is 0 Å². The van der Waals surface area contributed by atoms with Crippen LogP contribution in [-0.4, -0.2) is 36.4 Å². The number of aromatic hydroxyl groups is 1. The molecule has 0 aliphatic carbocycles. The molecular formula is C27H28N2O4. The minimum atomic E-state index is -0.323. The fourth-order valence-corrected chi connectivity index (χ4v) is 3.75. The third-order valence-electron chi connectivity index (χ3n) is 5.63. The first kappa shape index (κ1) is 22.4. The number of nitrogens with zero attached hydrogens (tertiary/aromatic N) is 2. The van der Waals surface area contributed by atoms with Gasteiger partial charge < -0.3 is 24.3 Å². The summed E-state index contributed by atoms with van der Waals surface area (Å²) in [5, 5.41) is 19.9. The van der Waals surface area contributed by atoms with Crippen molar-refractivity contribution in [2.24, 2.45) is 0 Å². The molecule has 2 N–H and O–H groups in total. The standard InChI is InChI=1S/C27H28N2O4/c1-29(2)22-12-10-19(11-13-22)26-23(14-9-18-7-5-4-6-8-18)28-27(33-26)20-15-21(17-30)25(31)24(16-20)32-3/h4-8,10-13,15-16,30-31H,9,14,17H2,1-3H3. The minimum absolute atomic E-state index is 0.0842. The molecule has 0 radical (unpaired) electrons. The van der Waals surface area contributed by atoms with Crippen molar-refractivity contribution in [2.45, 2.75) is 19.4 Å². The van der Waals surface area contributed by atoms with Crippen molar-refractivity contribution < 1.29 is 19.4 Å². The lowest BCUT2D eigenvalue weighted by Crippen LogP contribution is -2.07. The molecule has 33 heavy (non-hydrogen) atoms. The van der Waals surface area contributed by atoms with Crippen LogP contribution < -0.4 is 9.64 Å². The molecule has 6 nitrogen and oxygen atoms in total. The SMILES string of the molecule is COc1cc(-c2nc(CCc3ccccc3)c(-c3ccc(N(C)C)cc3)o2)cc(CO)c1O. The summed E-state index contributed by atoms with van der Waals surface area (Å²) < 4.78 is 11.5. The van der Waals surface area contributed by atoms with Crippen LogP contribution in [-0.2, 0) is 19.4 Å². The second-order valence-corrected chi connectivity index (χ2v) is 8.07. The summed E-state index contributed by atoms with van der Waals surface area (Å²) in [5.74, 6) is 1.30. The van der Waals surface area contributed by atoms with Gasteiger partial charge in [-0.3, -0.25) is 0 Å².